The second-order valence-electron chi connectivity index (χ2n) is 5.00. The monoisotopic (exact) mass is 312 g/mol. The zero-order chi connectivity index (χ0) is 14.9. The number of nitrogens with one attached hydrogen (secondary N) is 1. The highest BCUT2D eigenvalue weighted by molar-refractivity contribution is 8.01. The van der Waals surface area contributed by atoms with Gasteiger partial charge in [0.2, 0.25) is 17.2 Å². The third-order valence-corrected chi connectivity index (χ3v) is 5.04. The Labute approximate surface area is 127 Å². The molecule has 0 amide bonds. The van der Waals surface area contributed by atoms with Gasteiger partial charge < -0.3 is 10.2 Å². The molecule has 2 heterocycles. The van der Waals surface area contributed by atoms with Crippen molar-refractivity contribution in [3.05, 3.63) is 5.28 Å². The lowest BCUT2D eigenvalue weighted by atomic mass is 10.0. The summed E-state index contributed by atoms with van der Waals surface area (Å²) in [6, 6.07) is 2.06. The van der Waals surface area contributed by atoms with E-state index in [0.717, 1.165) is 6.42 Å². The Bertz CT molecular complexity index is 543. The highest BCUT2D eigenvalue weighted by atomic mass is 35.5. The average molecular weight is 313 g/mol. The lowest BCUT2D eigenvalue weighted by Gasteiger charge is -2.27. The largest absolute Gasteiger partial charge is 0.357 e. The van der Waals surface area contributed by atoms with Crippen LogP contribution >= 0.6 is 23.4 Å². The van der Waals surface area contributed by atoms with E-state index in [2.05, 4.69) is 47.1 Å². The summed E-state index contributed by atoms with van der Waals surface area (Å²) in [5.74, 6) is 0.854. The summed E-state index contributed by atoms with van der Waals surface area (Å²) in [5.41, 5.74) is 0. The number of aromatic nitrogens is 3. The normalized spacial score (nSPS) is 24.5. The minimum absolute atomic E-state index is 0.126. The molecule has 0 aliphatic carbocycles. The molecule has 1 aliphatic heterocycles. The van der Waals surface area contributed by atoms with Crippen LogP contribution in [0.3, 0.4) is 0 Å². The van der Waals surface area contributed by atoms with Crippen molar-refractivity contribution in [3.8, 4) is 6.07 Å². The van der Waals surface area contributed by atoms with Crippen LogP contribution < -0.4 is 10.2 Å². The Kier molecular flexibility index (Phi) is 4.25. The first-order chi connectivity index (χ1) is 9.42. The van der Waals surface area contributed by atoms with Gasteiger partial charge in [-0.25, -0.2) is 0 Å². The maximum absolute atomic E-state index is 9.52. The van der Waals surface area contributed by atoms with Crippen LogP contribution in [0, 0.1) is 11.3 Å². The van der Waals surface area contributed by atoms with Gasteiger partial charge in [-0.3, -0.25) is 0 Å². The Hall–Kier alpha value is -1.26. The van der Waals surface area contributed by atoms with Crippen LogP contribution in [0.4, 0.5) is 11.9 Å². The third kappa shape index (κ3) is 2.63. The molecule has 1 saturated heterocycles. The van der Waals surface area contributed by atoms with Crippen LogP contribution in [0.2, 0.25) is 5.28 Å². The minimum Gasteiger partial charge on any atom is -0.357 e. The van der Waals surface area contributed by atoms with Gasteiger partial charge in [-0.2, -0.15) is 20.2 Å². The number of anilines is 2. The molecule has 6 nitrogen and oxygen atoms in total. The standard InChI is InChI=1S/C12H17ClN6S/c1-5-8-19(7(6-14)12(2,3)20-8)11-17-9(13)16-10(15-4)18-11/h7-8H,5H2,1-4H3,(H,15,16,17,18). The van der Waals surface area contributed by atoms with E-state index >= 15 is 0 Å². The number of hydrogen-bond acceptors (Lipinski definition) is 7. The number of hydrogen-bond donors (Lipinski definition) is 1. The molecule has 2 unspecified atom stereocenters. The number of nitrogens with zero attached hydrogens (tertiary/aromatic N) is 5. The first-order valence-electron chi connectivity index (χ1n) is 6.38. The molecule has 2 rings (SSSR count). The number of halogens is 1. The summed E-state index contributed by atoms with van der Waals surface area (Å²) in [7, 11) is 1.72. The van der Waals surface area contributed by atoms with Gasteiger partial charge in [0, 0.05) is 11.8 Å². The summed E-state index contributed by atoms with van der Waals surface area (Å²) >= 11 is 7.70. The number of nitriles is 1. The van der Waals surface area contributed by atoms with Crippen molar-refractivity contribution in [3.63, 3.8) is 0 Å². The highest BCUT2D eigenvalue weighted by Crippen LogP contribution is 2.46. The van der Waals surface area contributed by atoms with Gasteiger partial charge in [-0.1, -0.05) is 6.92 Å². The van der Waals surface area contributed by atoms with Crippen molar-refractivity contribution in [2.75, 3.05) is 17.3 Å². The van der Waals surface area contributed by atoms with Gasteiger partial charge in [0.05, 0.1) is 11.4 Å². The molecule has 1 aromatic heterocycles. The predicted octanol–water partition coefficient (Wildman–Crippen LogP) is 2.53. The minimum atomic E-state index is -0.305. The third-order valence-electron chi connectivity index (χ3n) is 3.21. The summed E-state index contributed by atoms with van der Waals surface area (Å²) in [5, 5.41) is 12.6. The van der Waals surface area contributed by atoms with Crippen molar-refractivity contribution in [2.45, 2.75) is 43.4 Å². The maximum Gasteiger partial charge on any atom is 0.233 e. The summed E-state index contributed by atoms with van der Waals surface area (Å²) in [4.78, 5) is 14.5. The van der Waals surface area contributed by atoms with E-state index in [1.54, 1.807) is 18.8 Å². The molecular weight excluding hydrogens is 296 g/mol. The molecule has 1 aromatic rings. The Balaban J connectivity index is 2.48. The molecule has 0 saturated carbocycles. The molecule has 0 spiro atoms. The van der Waals surface area contributed by atoms with Crippen molar-refractivity contribution in [2.24, 2.45) is 0 Å². The van der Waals surface area contributed by atoms with Gasteiger partial charge >= 0.3 is 0 Å². The second kappa shape index (κ2) is 5.62. The van der Waals surface area contributed by atoms with E-state index in [-0.39, 0.29) is 21.4 Å². The lowest BCUT2D eigenvalue weighted by molar-refractivity contribution is 0.587. The predicted molar refractivity (Wildman–Crippen MR) is 82.0 cm³/mol. The fourth-order valence-electron chi connectivity index (χ4n) is 2.28. The average Bonchev–Trinajstić information content (AvgIpc) is 2.68. The van der Waals surface area contributed by atoms with E-state index in [1.165, 1.54) is 0 Å². The van der Waals surface area contributed by atoms with Crippen LogP contribution in [0.1, 0.15) is 27.2 Å². The first kappa shape index (κ1) is 15.1. The Morgan fingerprint density at radius 2 is 2.15 bits per heavy atom. The van der Waals surface area contributed by atoms with Crippen molar-refractivity contribution in [1.82, 2.24) is 15.0 Å². The number of thioether (sulfide) groups is 1. The van der Waals surface area contributed by atoms with E-state index in [9.17, 15) is 5.26 Å². The molecule has 0 radical (unpaired) electrons. The SMILES string of the molecule is CCC1SC(C)(C)C(C#N)N1c1nc(Cl)nc(NC)n1. The smallest absolute Gasteiger partial charge is 0.233 e. The van der Waals surface area contributed by atoms with Crippen molar-refractivity contribution >= 4 is 35.3 Å². The maximum atomic E-state index is 9.52. The van der Waals surface area contributed by atoms with Gasteiger partial charge in [-0.15, -0.1) is 11.8 Å². The second-order valence-corrected chi connectivity index (χ2v) is 7.17. The fourth-order valence-corrected chi connectivity index (χ4v) is 3.93. The molecule has 1 aliphatic rings. The molecule has 2 atom stereocenters. The molecule has 1 N–H and O–H groups in total. The fraction of sp³-hybridized carbons (Fsp3) is 0.667. The Morgan fingerprint density at radius 1 is 1.45 bits per heavy atom. The van der Waals surface area contributed by atoms with Gasteiger partial charge in [0.1, 0.15) is 6.04 Å². The molecular formula is C12H17ClN6S. The van der Waals surface area contributed by atoms with Crippen LogP contribution in [-0.2, 0) is 0 Å². The first-order valence-corrected chi connectivity index (χ1v) is 7.63. The number of rotatable bonds is 3. The summed E-state index contributed by atoms with van der Waals surface area (Å²) in [6.45, 7) is 6.22. The topological polar surface area (TPSA) is 77.7 Å². The lowest BCUT2D eigenvalue weighted by Crippen LogP contribution is -2.42. The molecule has 108 valence electrons. The van der Waals surface area contributed by atoms with Crippen molar-refractivity contribution < 1.29 is 0 Å². The summed E-state index contributed by atoms with van der Waals surface area (Å²) < 4.78 is -0.186. The van der Waals surface area contributed by atoms with E-state index in [4.69, 9.17) is 11.6 Å². The van der Waals surface area contributed by atoms with Crippen LogP contribution in [0.15, 0.2) is 0 Å². The summed E-state index contributed by atoms with van der Waals surface area (Å²) in [6.07, 6.45) is 0.893. The molecule has 20 heavy (non-hydrogen) atoms. The van der Waals surface area contributed by atoms with E-state index in [1.807, 2.05) is 4.90 Å². The van der Waals surface area contributed by atoms with Crippen LogP contribution in [0.25, 0.3) is 0 Å². The zero-order valence-electron chi connectivity index (χ0n) is 11.9. The van der Waals surface area contributed by atoms with E-state index in [0.29, 0.717) is 11.9 Å². The van der Waals surface area contributed by atoms with Crippen LogP contribution in [-0.4, -0.2) is 38.2 Å². The van der Waals surface area contributed by atoms with E-state index < -0.39 is 0 Å². The highest BCUT2D eigenvalue weighted by Gasteiger charge is 2.48. The molecule has 0 aromatic carbocycles. The Morgan fingerprint density at radius 3 is 2.70 bits per heavy atom. The van der Waals surface area contributed by atoms with Crippen molar-refractivity contribution in [1.29, 1.82) is 5.26 Å². The molecule has 8 heteroatoms. The molecule has 0 bridgehead atoms. The quantitative estimate of drug-likeness (QED) is 0.918. The van der Waals surface area contributed by atoms with Gasteiger partial charge in [0.25, 0.3) is 0 Å². The van der Waals surface area contributed by atoms with Gasteiger partial charge in [0.15, 0.2) is 0 Å². The van der Waals surface area contributed by atoms with Gasteiger partial charge in [-0.05, 0) is 31.9 Å². The molecule has 1 fully saturated rings. The zero-order valence-corrected chi connectivity index (χ0v) is 13.5. The van der Waals surface area contributed by atoms with Crippen LogP contribution in [0.5, 0.6) is 0 Å².